The van der Waals surface area contributed by atoms with Crippen molar-refractivity contribution < 1.29 is 19.1 Å². The summed E-state index contributed by atoms with van der Waals surface area (Å²) in [7, 11) is 0. The maximum absolute atomic E-state index is 13.9. The van der Waals surface area contributed by atoms with Crippen LogP contribution >= 0.6 is 0 Å². The predicted molar refractivity (Wildman–Crippen MR) is 144 cm³/mol. The average Bonchev–Trinajstić information content (AvgIpc) is 2.78. The first-order chi connectivity index (χ1) is 16.7. The maximum Gasteiger partial charge on any atom is 0.408 e. The number of ether oxygens (including phenoxy) is 1. The molecule has 196 valence electrons. The molecule has 0 saturated heterocycles. The SMILES string of the molecule is CCC(C)(C)N(C(=O)C(C)NC(=O)OC(C)(C)C)C(C(=O)Nc1c(C)cccc1C)c1ccccc1. The molecular formula is C29H41N3O4. The number of anilines is 1. The molecule has 7 nitrogen and oxygen atoms in total. The van der Waals surface area contributed by atoms with E-state index in [0.29, 0.717) is 12.0 Å². The first-order valence-electron chi connectivity index (χ1n) is 12.4. The second-order valence-corrected chi connectivity index (χ2v) is 10.8. The molecule has 2 aromatic carbocycles. The molecule has 2 aromatic rings. The first kappa shape index (κ1) is 28.9. The van der Waals surface area contributed by atoms with Gasteiger partial charge < -0.3 is 20.3 Å². The number of aryl methyl sites for hydroxylation is 2. The second-order valence-electron chi connectivity index (χ2n) is 10.8. The van der Waals surface area contributed by atoms with E-state index in [1.165, 1.54) is 0 Å². The van der Waals surface area contributed by atoms with Gasteiger partial charge in [-0.15, -0.1) is 0 Å². The van der Waals surface area contributed by atoms with E-state index in [0.717, 1.165) is 16.8 Å². The summed E-state index contributed by atoms with van der Waals surface area (Å²) in [5, 5.41) is 5.72. The number of carbonyl (C=O) groups excluding carboxylic acids is 3. The zero-order chi connectivity index (χ0) is 27.3. The molecular weight excluding hydrogens is 454 g/mol. The number of amides is 3. The first-order valence-corrected chi connectivity index (χ1v) is 12.4. The van der Waals surface area contributed by atoms with E-state index in [4.69, 9.17) is 4.74 Å². The van der Waals surface area contributed by atoms with Gasteiger partial charge in [0.25, 0.3) is 5.91 Å². The number of rotatable bonds is 8. The van der Waals surface area contributed by atoms with Gasteiger partial charge in [0.05, 0.1) is 0 Å². The topological polar surface area (TPSA) is 87.7 Å². The lowest BCUT2D eigenvalue weighted by atomic mass is 9.92. The highest BCUT2D eigenvalue weighted by Crippen LogP contribution is 2.33. The van der Waals surface area contributed by atoms with Crippen molar-refractivity contribution in [3.05, 3.63) is 65.2 Å². The highest BCUT2D eigenvalue weighted by atomic mass is 16.6. The summed E-state index contributed by atoms with van der Waals surface area (Å²) in [6.45, 7) is 16.6. The van der Waals surface area contributed by atoms with E-state index in [1.54, 1.807) is 32.6 Å². The number of nitrogens with zero attached hydrogens (tertiary/aromatic N) is 1. The van der Waals surface area contributed by atoms with Gasteiger partial charge in [0.1, 0.15) is 17.7 Å². The molecule has 0 spiro atoms. The lowest BCUT2D eigenvalue weighted by Crippen LogP contribution is -2.58. The number of benzene rings is 2. The predicted octanol–water partition coefficient (Wildman–Crippen LogP) is 5.91. The Morgan fingerprint density at radius 3 is 1.97 bits per heavy atom. The highest BCUT2D eigenvalue weighted by molar-refractivity contribution is 6.00. The molecule has 0 aliphatic heterocycles. The zero-order valence-corrected chi connectivity index (χ0v) is 23.1. The van der Waals surface area contributed by atoms with Crippen molar-refractivity contribution in [2.24, 2.45) is 0 Å². The molecule has 2 rings (SSSR count). The second kappa shape index (κ2) is 11.6. The van der Waals surface area contributed by atoms with Crippen LogP contribution in [0.1, 0.15) is 77.6 Å². The molecule has 3 amide bonds. The smallest absolute Gasteiger partial charge is 0.408 e. The van der Waals surface area contributed by atoms with Gasteiger partial charge in [0.15, 0.2) is 0 Å². The van der Waals surface area contributed by atoms with Crippen molar-refractivity contribution in [2.75, 3.05) is 5.32 Å². The largest absolute Gasteiger partial charge is 0.444 e. The fourth-order valence-corrected chi connectivity index (χ4v) is 3.96. The monoisotopic (exact) mass is 495 g/mol. The Hall–Kier alpha value is -3.35. The third-order valence-corrected chi connectivity index (χ3v) is 6.21. The van der Waals surface area contributed by atoms with Crippen LogP contribution in [-0.2, 0) is 14.3 Å². The molecule has 0 radical (unpaired) electrons. The van der Waals surface area contributed by atoms with Crippen molar-refractivity contribution in [2.45, 2.75) is 92.0 Å². The Bertz CT molecular complexity index is 1050. The van der Waals surface area contributed by atoms with E-state index in [2.05, 4.69) is 10.6 Å². The van der Waals surface area contributed by atoms with Crippen LogP contribution < -0.4 is 10.6 Å². The number of alkyl carbamates (subject to hydrolysis) is 1. The van der Waals surface area contributed by atoms with Gasteiger partial charge in [0.2, 0.25) is 5.91 Å². The van der Waals surface area contributed by atoms with Gasteiger partial charge in [-0.25, -0.2) is 4.79 Å². The van der Waals surface area contributed by atoms with E-state index < -0.39 is 29.3 Å². The molecule has 2 unspecified atom stereocenters. The van der Waals surface area contributed by atoms with E-state index >= 15 is 0 Å². The number of carbonyl (C=O) groups is 3. The Labute approximate surface area is 215 Å². The zero-order valence-electron chi connectivity index (χ0n) is 23.1. The Morgan fingerprint density at radius 2 is 1.47 bits per heavy atom. The molecule has 2 atom stereocenters. The minimum absolute atomic E-state index is 0.321. The molecule has 0 saturated carbocycles. The van der Waals surface area contributed by atoms with Gasteiger partial charge in [0, 0.05) is 11.2 Å². The summed E-state index contributed by atoms with van der Waals surface area (Å²) in [6.07, 6.45) is -0.0911. The van der Waals surface area contributed by atoms with Crippen molar-refractivity contribution >= 4 is 23.6 Å². The van der Waals surface area contributed by atoms with Crippen LogP contribution in [0.4, 0.5) is 10.5 Å². The number of nitrogens with one attached hydrogen (secondary N) is 2. The lowest BCUT2D eigenvalue weighted by Gasteiger charge is -2.44. The van der Waals surface area contributed by atoms with Crippen molar-refractivity contribution in [1.29, 1.82) is 0 Å². The lowest BCUT2D eigenvalue weighted by molar-refractivity contribution is -0.147. The van der Waals surface area contributed by atoms with Gasteiger partial charge >= 0.3 is 6.09 Å². The summed E-state index contributed by atoms with van der Waals surface area (Å²) in [5.41, 5.74) is 1.88. The number of para-hydroxylation sites is 1. The van der Waals surface area contributed by atoms with E-state index in [9.17, 15) is 14.4 Å². The van der Waals surface area contributed by atoms with Gasteiger partial charge in [-0.1, -0.05) is 55.5 Å². The van der Waals surface area contributed by atoms with Crippen LogP contribution in [0.15, 0.2) is 48.5 Å². The maximum atomic E-state index is 13.9. The summed E-state index contributed by atoms with van der Waals surface area (Å²) >= 11 is 0. The summed E-state index contributed by atoms with van der Waals surface area (Å²) in [5.74, 6) is -0.698. The normalized spacial score (nSPS) is 13.4. The Balaban J connectivity index is 2.53. The molecule has 0 aromatic heterocycles. The minimum atomic E-state index is -0.921. The van der Waals surface area contributed by atoms with Crippen LogP contribution in [0, 0.1) is 13.8 Å². The third-order valence-electron chi connectivity index (χ3n) is 6.21. The van der Waals surface area contributed by atoms with Crippen molar-refractivity contribution in [3.63, 3.8) is 0 Å². The standard InChI is InChI=1S/C29H41N3O4/c1-10-29(8,9)32(26(34)21(4)30-27(35)36-28(5,6)7)24(22-17-12-11-13-18-22)25(33)31-23-19(2)15-14-16-20(23)3/h11-18,21,24H,10H2,1-9H3,(H,30,35)(H,31,33). The van der Waals surface area contributed by atoms with Crippen molar-refractivity contribution in [1.82, 2.24) is 10.2 Å². The molecule has 0 aliphatic carbocycles. The molecule has 2 N–H and O–H groups in total. The van der Waals surface area contributed by atoms with Crippen LogP contribution in [0.2, 0.25) is 0 Å². The highest BCUT2D eigenvalue weighted by Gasteiger charge is 2.42. The molecule has 36 heavy (non-hydrogen) atoms. The molecule has 0 bridgehead atoms. The van der Waals surface area contributed by atoms with E-state index in [1.807, 2.05) is 83.1 Å². The summed E-state index contributed by atoms with van der Waals surface area (Å²) < 4.78 is 5.35. The van der Waals surface area contributed by atoms with E-state index in [-0.39, 0.29) is 11.8 Å². The van der Waals surface area contributed by atoms with Gasteiger partial charge in [-0.3, -0.25) is 9.59 Å². The van der Waals surface area contributed by atoms with Crippen LogP contribution in [0.3, 0.4) is 0 Å². The van der Waals surface area contributed by atoms with Crippen LogP contribution in [-0.4, -0.2) is 40.0 Å². The van der Waals surface area contributed by atoms with Crippen LogP contribution in [0.25, 0.3) is 0 Å². The number of hydrogen-bond donors (Lipinski definition) is 2. The fraction of sp³-hybridized carbons (Fsp3) is 0.483. The van der Waals surface area contributed by atoms with Gasteiger partial charge in [-0.2, -0.15) is 0 Å². The quantitative estimate of drug-likeness (QED) is 0.476. The van der Waals surface area contributed by atoms with Gasteiger partial charge in [-0.05, 0) is 78.5 Å². The summed E-state index contributed by atoms with van der Waals surface area (Å²) in [6, 6.07) is 13.2. The molecule has 7 heteroatoms. The average molecular weight is 496 g/mol. The molecule has 0 heterocycles. The number of hydrogen-bond acceptors (Lipinski definition) is 4. The summed E-state index contributed by atoms with van der Waals surface area (Å²) in [4.78, 5) is 41.9. The van der Waals surface area contributed by atoms with Crippen molar-refractivity contribution in [3.8, 4) is 0 Å². The molecule has 0 aliphatic rings. The fourth-order valence-electron chi connectivity index (χ4n) is 3.96. The minimum Gasteiger partial charge on any atom is -0.444 e. The van der Waals surface area contributed by atoms with Crippen LogP contribution in [0.5, 0.6) is 0 Å². The Kier molecular flexibility index (Phi) is 9.30. The Morgan fingerprint density at radius 1 is 0.917 bits per heavy atom. The third kappa shape index (κ3) is 7.33. The molecule has 0 fully saturated rings.